The lowest BCUT2D eigenvalue weighted by Crippen LogP contribution is -2.81. The molecular formula is C27H41NO7. The first-order chi connectivity index (χ1) is 16.8. The number of hydrogen-bond donors (Lipinski definition) is 0. The highest BCUT2D eigenvalue weighted by Gasteiger charge is 2.94. The Morgan fingerprint density at radius 1 is 1.14 bits per heavy atom. The smallest absolute Gasteiger partial charge is 0.303 e. The van der Waals surface area contributed by atoms with Crippen molar-refractivity contribution >= 4 is 5.97 Å². The van der Waals surface area contributed by atoms with Crippen LogP contribution < -0.4 is 0 Å². The highest BCUT2D eigenvalue weighted by Crippen LogP contribution is 2.82. The minimum absolute atomic E-state index is 0.00174. The second-order valence-electron chi connectivity index (χ2n) is 12.7. The first-order valence-electron chi connectivity index (χ1n) is 13.6. The molecule has 0 amide bonds. The molecule has 0 N–H and O–H groups in total. The number of hydrogen-bond acceptors (Lipinski definition) is 8. The number of methoxy groups -OCH3 is 3. The van der Waals surface area contributed by atoms with Gasteiger partial charge in [0.1, 0.15) is 18.5 Å². The SMILES string of the molecule is CCN1C[C@]2(C)CC[C@H](OC)C34[C@@H]5C[C@@H]6[C@H](OC)[C@@H]5[C@@]5(C[C@@H]6OC)OCO[C@]5([C@@H](OC(C)=O)[C@@H]32)[C@@H]14. The maximum Gasteiger partial charge on any atom is 0.303 e. The maximum atomic E-state index is 12.8. The number of fused-ring (bicyclic) bond motifs is 1. The summed E-state index contributed by atoms with van der Waals surface area (Å²) in [5.41, 5.74) is -1.61. The maximum absolute atomic E-state index is 12.8. The molecular weight excluding hydrogens is 450 g/mol. The van der Waals surface area contributed by atoms with Crippen LogP contribution in [0.3, 0.4) is 0 Å². The van der Waals surface area contributed by atoms with Gasteiger partial charge < -0.3 is 28.4 Å². The number of likely N-dealkylation sites (N-methyl/N-ethyl adjacent to an activating group) is 1. The van der Waals surface area contributed by atoms with Crippen LogP contribution in [0.2, 0.25) is 0 Å². The normalized spacial score (nSPS) is 59.4. The lowest BCUT2D eigenvalue weighted by molar-refractivity contribution is -0.282. The molecule has 13 atom stereocenters. The summed E-state index contributed by atoms with van der Waals surface area (Å²) < 4.78 is 39.2. The van der Waals surface area contributed by atoms with Crippen molar-refractivity contribution in [2.75, 3.05) is 41.2 Å². The zero-order valence-corrected chi connectivity index (χ0v) is 22.0. The molecule has 0 aromatic rings. The minimum Gasteiger partial charge on any atom is -0.459 e. The van der Waals surface area contributed by atoms with E-state index in [4.69, 9.17) is 28.4 Å². The van der Waals surface area contributed by atoms with Gasteiger partial charge in [0.2, 0.25) is 0 Å². The molecule has 196 valence electrons. The van der Waals surface area contributed by atoms with Crippen LogP contribution in [0.5, 0.6) is 0 Å². The van der Waals surface area contributed by atoms with Crippen molar-refractivity contribution in [1.29, 1.82) is 0 Å². The van der Waals surface area contributed by atoms with E-state index < -0.39 is 11.2 Å². The van der Waals surface area contributed by atoms with Gasteiger partial charge in [0.15, 0.2) is 5.60 Å². The van der Waals surface area contributed by atoms with Gasteiger partial charge in [0, 0.05) is 64.4 Å². The molecule has 7 bridgehead atoms. The van der Waals surface area contributed by atoms with Crippen LogP contribution in [-0.2, 0) is 33.2 Å². The summed E-state index contributed by atoms with van der Waals surface area (Å²) in [6.07, 6.45) is 3.57. The Bertz CT molecular complexity index is 931. The molecule has 5 aliphatic carbocycles. The number of ether oxygens (including phenoxy) is 6. The summed E-state index contributed by atoms with van der Waals surface area (Å²) in [6, 6.07) is 0.0586. The number of piperidine rings is 1. The molecule has 2 saturated heterocycles. The van der Waals surface area contributed by atoms with Crippen molar-refractivity contribution in [3.05, 3.63) is 0 Å². The minimum atomic E-state index is -0.776. The second-order valence-corrected chi connectivity index (χ2v) is 12.7. The fourth-order valence-corrected chi connectivity index (χ4v) is 11.7. The van der Waals surface area contributed by atoms with Crippen molar-refractivity contribution in [3.63, 3.8) is 0 Å². The quantitative estimate of drug-likeness (QED) is 0.542. The standard InChI is InChI=1S/C27H41NO7/c1-7-28-12-24(3)9-8-18(31-5)26-16-10-15-17(30-4)11-25(19(16)20(15)32-6)27(23(26)28,34-13-33-25)22(21(24)26)35-14(2)29/h15-23H,7-13H2,1-6H3/t15-,16+,17-,18-,19+,20-,21+,22-,23-,24-,25+,26?,27+/m0/s1. The summed E-state index contributed by atoms with van der Waals surface area (Å²) in [6.45, 7) is 8.34. The molecule has 0 aromatic heterocycles. The second kappa shape index (κ2) is 7.20. The molecule has 2 heterocycles. The number of carbonyl (C=O) groups excluding carboxylic acids is 1. The summed E-state index contributed by atoms with van der Waals surface area (Å²) in [7, 11) is 5.52. The summed E-state index contributed by atoms with van der Waals surface area (Å²) in [5, 5.41) is 0. The van der Waals surface area contributed by atoms with Gasteiger partial charge in [-0.05, 0) is 37.1 Å². The average Bonchev–Trinajstić information content (AvgIpc) is 3.41. The van der Waals surface area contributed by atoms with E-state index in [0.29, 0.717) is 11.8 Å². The number of esters is 1. The first kappa shape index (κ1) is 23.4. The van der Waals surface area contributed by atoms with Gasteiger partial charge >= 0.3 is 5.97 Å². The highest BCUT2D eigenvalue weighted by molar-refractivity contribution is 5.67. The highest BCUT2D eigenvalue weighted by atomic mass is 16.7. The molecule has 7 aliphatic rings. The van der Waals surface area contributed by atoms with E-state index in [0.717, 1.165) is 38.8 Å². The molecule has 3 spiro atoms. The van der Waals surface area contributed by atoms with Gasteiger partial charge in [-0.15, -0.1) is 0 Å². The Kier molecular flexibility index (Phi) is 4.81. The largest absolute Gasteiger partial charge is 0.459 e. The lowest BCUT2D eigenvalue weighted by Gasteiger charge is -2.69. The van der Waals surface area contributed by atoms with E-state index in [1.807, 2.05) is 21.3 Å². The zero-order chi connectivity index (χ0) is 24.5. The lowest BCUT2D eigenvalue weighted by atomic mass is 9.43. The Balaban J connectivity index is 1.57. The van der Waals surface area contributed by atoms with Crippen molar-refractivity contribution < 1.29 is 33.2 Å². The fourth-order valence-electron chi connectivity index (χ4n) is 11.7. The van der Waals surface area contributed by atoms with Crippen molar-refractivity contribution in [2.24, 2.45) is 34.5 Å². The molecule has 35 heavy (non-hydrogen) atoms. The van der Waals surface area contributed by atoms with Crippen LogP contribution in [0, 0.1) is 34.5 Å². The molecule has 8 heteroatoms. The van der Waals surface area contributed by atoms with E-state index in [9.17, 15) is 4.79 Å². The van der Waals surface area contributed by atoms with Gasteiger partial charge in [0.25, 0.3) is 0 Å². The molecule has 7 rings (SSSR count). The Hall–Kier alpha value is -0.770. The van der Waals surface area contributed by atoms with E-state index >= 15 is 0 Å². The number of nitrogens with zero attached hydrogens (tertiary/aromatic N) is 1. The van der Waals surface area contributed by atoms with Crippen molar-refractivity contribution in [1.82, 2.24) is 4.90 Å². The molecule has 5 saturated carbocycles. The van der Waals surface area contributed by atoms with E-state index in [2.05, 4.69) is 18.7 Å². The molecule has 0 radical (unpaired) electrons. The molecule has 0 aromatic carbocycles. The monoisotopic (exact) mass is 491 g/mol. The Labute approximate surface area is 208 Å². The Morgan fingerprint density at radius 3 is 2.60 bits per heavy atom. The predicted octanol–water partition coefficient (Wildman–Crippen LogP) is 2.24. The van der Waals surface area contributed by atoms with Gasteiger partial charge in [-0.2, -0.15) is 0 Å². The van der Waals surface area contributed by atoms with E-state index in [1.54, 1.807) is 6.92 Å². The fraction of sp³-hybridized carbons (Fsp3) is 0.963. The topological polar surface area (TPSA) is 75.7 Å². The third-order valence-electron chi connectivity index (χ3n) is 12.1. The van der Waals surface area contributed by atoms with Crippen LogP contribution in [0.1, 0.15) is 46.5 Å². The van der Waals surface area contributed by atoms with Crippen LogP contribution in [0.25, 0.3) is 0 Å². The van der Waals surface area contributed by atoms with E-state index in [-0.39, 0.29) is 65.9 Å². The molecule has 1 unspecified atom stereocenters. The van der Waals surface area contributed by atoms with Crippen molar-refractivity contribution in [3.8, 4) is 0 Å². The predicted molar refractivity (Wildman–Crippen MR) is 124 cm³/mol. The number of carbonyl (C=O) groups is 1. The summed E-state index contributed by atoms with van der Waals surface area (Å²) in [5.74, 6) is 0.698. The third kappa shape index (κ3) is 2.24. The van der Waals surface area contributed by atoms with Crippen LogP contribution in [-0.4, -0.2) is 93.7 Å². The van der Waals surface area contributed by atoms with Gasteiger partial charge in [-0.3, -0.25) is 9.69 Å². The van der Waals surface area contributed by atoms with Gasteiger partial charge in [-0.1, -0.05) is 13.8 Å². The summed E-state index contributed by atoms with van der Waals surface area (Å²) >= 11 is 0. The number of likely N-dealkylation sites (tertiary alicyclic amines) is 1. The number of rotatable bonds is 5. The van der Waals surface area contributed by atoms with E-state index in [1.165, 1.54) is 0 Å². The third-order valence-corrected chi connectivity index (χ3v) is 12.1. The van der Waals surface area contributed by atoms with Gasteiger partial charge in [-0.25, -0.2) is 0 Å². The van der Waals surface area contributed by atoms with Crippen LogP contribution in [0.15, 0.2) is 0 Å². The summed E-state index contributed by atoms with van der Waals surface area (Å²) in [4.78, 5) is 15.4. The molecule has 2 aliphatic heterocycles. The Morgan fingerprint density at radius 2 is 1.94 bits per heavy atom. The average molecular weight is 492 g/mol. The first-order valence-corrected chi connectivity index (χ1v) is 13.6. The molecule has 8 nitrogen and oxygen atoms in total. The zero-order valence-electron chi connectivity index (χ0n) is 22.0. The van der Waals surface area contributed by atoms with Crippen LogP contribution in [0.4, 0.5) is 0 Å². The van der Waals surface area contributed by atoms with Crippen molar-refractivity contribution in [2.45, 2.75) is 88.1 Å². The molecule has 7 fully saturated rings. The van der Waals surface area contributed by atoms with Gasteiger partial charge in [0.05, 0.1) is 24.4 Å². The van der Waals surface area contributed by atoms with Crippen LogP contribution >= 0.6 is 0 Å².